The largest absolute Gasteiger partial charge is 0.508 e. The van der Waals surface area contributed by atoms with Gasteiger partial charge in [0.05, 0.1) is 4.88 Å². The van der Waals surface area contributed by atoms with Crippen molar-refractivity contribution in [2.75, 3.05) is 6.26 Å². The Bertz CT molecular complexity index is 488. The Morgan fingerprint density at radius 3 is 2.86 bits per heavy atom. The van der Waals surface area contributed by atoms with Crippen LogP contribution in [-0.4, -0.2) is 17.6 Å². The van der Waals surface area contributed by atoms with Gasteiger partial charge in [0.2, 0.25) is 0 Å². The van der Waals surface area contributed by atoms with E-state index in [1.807, 2.05) is 12.3 Å². The maximum Gasteiger partial charge on any atom is 0.160 e. The average Bonchev–Trinajstić information content (AvgIpc) is 2.59. The summed E-state index contributed by atoms with van der Waals surface area (Å²) in [4.78, 5) is 12.3. The molecule has 0 atom stereocenters. The van der Waals surface area contributed by atoms with E-state index in [0.29, 0.717) is 4.88 Å². The molecule has 0 aliphatic carbocycles. The third kappa shape index (κ3) is 1.51. The fourth-order valence-electron chi connectivity index (χ4n) is 1.34. The number of fused-ring (bicyclic) bond motifs is 1. The van der Waals surface area contributed by atoms with Crippen LogP contribution in [0.4, 0.5) is 0 Å². The number of carbonyl (C=O) groups excluding carboxylic acids is 1. The van der Waals surface area contributed by atoms with Crippen LogP contribution in [0.3, 0.4) is 0 Å². The minimum atomic E-state index is 0.251. The summed E-state index contributed by atoms with van der Waals surface area (Å²) >= 11 is 2.97. The molecule has 4 heteroatoms. The normalized spacial score (nSPS) is 10.6. The molecule has 0 spiro atoms. The summed E-state index contributed by atoms with van der Waals surface area (Å²) < 4.78 is 0.955. The van der Waals surface area contributed by atoms with Gasteiger partial charge in [0.1, 0.15) is 5.75 Å². The van der Waals surface area contributed by atoms with Gasteiger partial charge < -0.3 is 5.11 Å². The molecular formula is C10H8O2S2. The van der Waals surface area contributed by atoms with Crippen molar-refractivity contribution in [3.63, 3.8) is 0 Å². The molecular weight excluding hydrogens is 216 g/mol. The van der Waals surface area contributed by atoms with E-state index in [4.69, 9.17) is 0 Å². The van der Waals surface area contributed by atoms with Gasteiger partial charge >= 0.3 is 0 Å². The molecule has 0 unspecified atom stereocenters. The van der Waals surface area contributed by atoms with Crippen molar-refractivity contribution < 1.29 is 9.90 Å². The van der Waals surface area contributed by atoms with E-state index in [1.54, 1.807) is 23.9 Å². The Morgan fingerprint density at radius 2 is 2.21 bits per heavy atom. The molecule has 0 aliphatic heterocycles. The average molecular weight is 224 g/mol. The minimum Gasteiger partial charge on any atom is -0.508 e. The molecule has 72 valence electrons. The zero-order valence-corrected chi connectivity index (χ0v) is 9.11. The molecule has 2 nitrogen and oxygen atoms in total. The number of carbonyl (C=O) groups is 1. The lowest BCUT2D eigenvalue weighted by Crippen LogP contribution is -1.71. The molecule has 0 radical (unpaired) electrons. The first kappa shape index (κ1) is 9.55. The number of hydrogen-bond acceptors (Lipinski definition) is 4. The first-order valence-corrected chi connectivity index (χ1v) is 6.04. The highest BCUT2D eigenvalue weighted by Gasteiger charge is 2.07. The van der Waals surface area contributed by atoms with Crippen LogP contribution in [0.2, 0.25) is 0 Å². The summed E-state index contributed by atoms with van der Waals surface area (Å²) in [6.45, 7) is 0. The van der Waals surface area contributed by atoms with Gasteiger partial charge in [-0.05, 0) is 24.5 Å². The van der Waals surface area contributed by atoms with Gasteiger partial charge in [-0.15, -0.1) is 23.1 Å². The Hall–Kier alpha value is -1.00. The van der Waals surface area contributed by atoms with E-state index in [1.165, 1.54) is 11.3 Å². The molecule has 14 heavy (non-hydrogen) atoms. The number of rotatable bonds is 2. The molecule has 1 N–H and O–H groups in total. The van der Waals surface area contributed by atoms with Crippen LogP contribution in [0.1, 0.15) is 9.67 Å². The fourth-order valence-corrected chi connectivity index (χ4v) is 2.97. The molecule has 0 fully saturated rings. The van der Waals surface area contributed by atoms with Gasteiger partial charge in [0.25, 0.3) is 0 Å². The van der Waals surface area contributed by atoms with Crippen LogP contribution in [0.15, 0.2) is 23.1 Å². The highest BCUT2D eigenvalue weighted by molar-refractivity contribution is 7.98. The van der Waals surface area contributed by atoms with Gasteiger partial charge in [-0.3, -0.25) is 4.79 Å². The van der Waals surface area contributed by atoms with Crippen molar-refractivity contribution in [3.8, 4) is 5.75 Å². The minimum absolute atomic E-state index is 0.251. The first-order chi connectivity index (χ1) is 6.74. The van der Waals surface area contributed by atoms with Crippen molar-refractivity contribution in [3.05, 3.63) is 23.1 Å². The standard InChI is InChI=1S/C10H8O2S2/c1-13-9-2-6(12)3-10-8(9)4-7(5-11)14-10/h2-5,12H,1H3. The first-order valence-electron chi connectivity index (χ1n) is 4.00. The zero-order chi connectivity index (χ0) is 10.1. The van der Waals surface area contributed by atoms with Gasteiger partial charge in [-0.1, -0.05) is 0 Å². The number of phenols is 1. The third-order valence-electron chi connectivity index (χ3n) is 1.94. The molecule has 2 rings (SSSR count). The number of aldehydes is 1. The van der Waals surface area contributed by atoms with E-state index in [2.05, 4.69) is 0 Å². The Balaban J connectivity index is 2.77. The maximum atomic E-state index is 10.6. The second-order valence-electron chi connectivity index (χ2n) is 2.83. The lowest BCUT2D eigenvalue weighted by atomic mass is 10.2. The molecule has 1 aromatic heterocycles. The predicted molar refractivity (Wildman–Crippen MR) is 60.7 cm³/mol. The number of phenolic OH excluding ortho intramolecular Hbond substituents is 1. The van der Waals surface area contributed by atoms with Crippen LogP contribution in [0.25, 0.3) is 10.1 Å². The van der Waals surface area contributed by atoms with E-state index in [0.717, 1.165) is 21.3 Å². The molecule has 1 aromatic carbocycles. The molecule has 0 saturated heterocycles. The molecule has 0 saturated carbocycles. The van der Waals surface area contributed by atoms with Crippen molar-refractivity contribution in [1.29, 1.82) is 0 Å². The quantitative estimate of drug-likeness (QED) is 0.629. The van der Waals surface area contributed by atoms with Crippen LogP contribution in [-0.2, 0) is 0 Å². The predicted octanol–water partition coefficient (Wildman–Crippen LogP) is 3.14. The highest BCUT2D eigenvalue weighted by atomic mass is 32.2. The monoisotopic (exact) mass is 224 g/mol. The Labute approximate surface area is 89.6 Å². The van der Waals surface area contributed by atoms with Gasteiger partial charge in [0.15, 0.2) is 6.29 Å². The summed E-state index contributed by atoms with van der Waals surface area (Å²) in [7, 11) is 0. The van der Waals surface area contributed by atoms with Crippen LogP contribution < -0.4 is 0 Å². The van der Waals surface area contributed by atoms with Crippen molar-refractivity contribution in [2.24, 2.45) is 0 Å². The number of benzene rings is 1. The molecule has 2 aromatic rings. The van der Waals surface area contributed by atoms with Crippen LogP contribution in [0.5, 0.6) is 5.75 Å². The molecule has 0 amide bonds. The zero-order valence-electron chi connectivity index (χ0n) is 7.48. The number of thiophene rings is 1. The lowest BCUT2D eigenvalue weighted by Gasteiger charge is -1.99. The smallest absolute Gasteiger partial charge is 0.160 e. The number of thioether (sulfide) groups is 1. The SMILES string of the molecule is CSc1cc(O)cc2sc(C=O)cc12. The summed E-state index contributed by atoms with van der Waals surface area (Å²) in [6.07, 6.45) is 2.79. The third-order valence-corrected chi connectivity index (χ3v) is 3.72. The van der Waals surface area contributed by atoms with E-state index in [9.17, 15) is 9.90 Å². The topological polar surface area (TPSA) is 37.3 Å². The maximum absolute atomic E-state index is 10.6. The summed E-state index contributed by atoms with van der Waals surface area (Å²) in [5, 5.41) is 10.5. The second-order valence-corrected chi connectivity index (χ2v) is 4.79. The van der Waals surface area contributed by atoms with E-state index in [-0.39, 0.29) is 5.75 Å². The Morgan fingerprint density at radius 1 is 1.43 bits per heavy atom. The van der Waals surface area contributed by atoms with Gasteiger partial charge in [-0.25, -0.2) is 0 Å². The lowest BCUT2D eigenvalue weighted by molar-refractivity contribution is 0.112. The van der Waals surface area contributed by atoms with Crippen LogP contribution in [0, 0.1) is 0 Å². The molecule has 0 aliphatic rings. The molecule has 0 bridgehead atoms. The summed E-state index contributed by atoms with van der Waals surface area (Å²) in [5.41, 5.74) is 0. The highest BCUT2D eigenvalue weighted by Crippen LogP contribution is 2.35. The van der Waals surface area contributed by atoms with Crippen molar-refractivity contribution in [1.82, 2.24) is 0 Å². The van der Waals surface area contributed by atoms with Crippen molar-refractivity contribution in [2.45, 2.75) is 4.90 Å². The van der Waals surface area contributed by atoms with E-state index >= 15 is 0 Å². The fraction of sp³-hybridized carbons (Fsp3) is 0.100. The van der Waals surface area contributed by atoms with Crippen molar-refractivity contribution >= 4 is 39.5 Å². The van der Waals surface area contributed by atoms with Crippen LogP contribution >= 0.6 is 23.1 Å². The number of aromatic hydroxyl groups is 1. The Kier molecular flexibility index (Phi) is 2.48. The van der Waals surface area contributed by atoms with Gasteiger partial charge in [0, 0.05) is 15.0 Å². The summed E-state index contributed by atoms with van der Waals surface area (Å²) in [5.74, 6) is 0.251. The van der Waals surface area contributed by atoms with Gasteiger partial charge in [-0.2, -0.15) is 0 Å². The summed E-state index contributed by atoms with van der Waals surface area (Å²) in [6, 6.07) is 5.26. The second kappa shape index (κ2) is 3.63. The number of hydrogen-bond donors (Lipinski definition) is 1. The van der Waals surface area contributed by atoms with E-state index < -0.39 is 0 Å². The molecule has 1 heterocycles.